The minimum atomic E-state index is -0.400. The third-order valence-corrected chi connectivity index (χ3v) is 3.39. The van der Waals surface area contributed by atoms with Crippen molar-refractivity contribution in [3.63, 3.8) is 0 Å². The Morgan fingerprint density at radius 2 is 1.64 bits per heavy atom. The van der Waals surface area contributed by atoms with Gasteiger partial charge in [0.05, 0.1) is 12.2 Å². The van der Waals surface area contributed by atoms with Gasteiger partial charge in [0.2, 0.25) is 0 Å². The second-order valence-corrected chi connectivity index (χ2v) is 4.88. The average Bonchev–Trinajstić information content (AvgIpc) is 2.16. The number of rotatable bonds is 3. The summed E-state index contributed by atoms with van der Waals surface area (Å²) in [7, 11) is 0. The number of aliphatic hydroxyl groups is 2. The molecule has 1 rings (SSSR count). The summed E-state index contributed by atoms with van der Waals surface area (Å²) >= 11 is 0. The highest BCUT2D eigenvalue weighted by atomic mass is 16.3. The molecule has 0 aliphatic heterocycles. The first-order valence-corrected chi connectivity index (χ1v) is 5.64. The molecule has 3 heteroatoms. The van der Waals surface area contributed by atoms with Crippen LogP contribution in [0.15, 0.2) is 0 Å². The number of nitrogens with two attached hydrogens (primary N) is 1. The van der Waals surface area contributed by atoms with Crippen molar-refractivity contribution in [2.75, 3.05) is 0 Å². The van der Waals surface area contributed by atoms with Crippen LogP contribution in [0, 0.1) is 11.8 Å². The Balaban J connectivity index is 2.41. The summed E-state index contributed by atoms with van der Waals surface area (Å²) in [5, 5.41) is 19.3. The summed E-state index contributed by atoms with van der Waals surface area (Å²) in [4.78, 5) is 0. The molecule has 1 saturated carbocycles. The molecule has 0 saturated heterocycles. The van der Waals surface area contributed by atoms with E-state index < -0.39 is 6.10 Å². The summed E-state index contributed by atoms with van der Waals surface area (Å²) in [5.41, 5.74) is 5.91. The Labute approximate surface area is 86.3 Å². The molecule has 14 heavy (non-hydrogen) atoms. The van der Waals surface area contributed by atoms with Crippen molar-refractivity contribution < 1.29 is 10.2 Å². The summed E-state index contributed by atoms with van der Waals surface area (Å²) in [6, 6.07) is -0.129. The van der Waals surface area contributed by atoms with Gasteiger partial charge >= 0.3 is 0 Å². The normalized spacial score (nSPS) is 33.0. The Bertz CT molecular complexity index is 165. The molecule has 2 atom stereocenters. The molecule has 4 N–H and O–H groups in total. The fourth-order valence-electron chi connectivity index (χ4n) is 2.15. The zero-order valence-electron chi connectivity index (χ0n) is 9.19. The Morgan fingerprint density at radius 3 is 2.07 bits per heavy atom. The van der Waals surface area contributed by atoms with E-state index in [0.717, 1.165) is 25.7 Å². The van der Waals surface area contributed by atoms with Gasteiger partial charge in [-0.25, -0.2) is 0 Å². The van der Waals surface area contributed by atoms with E-state index in [9.17, 15) is 10.2 Å². The highest BCUT2D eigenvalue weighted by Gasteiger charge is 2.30. The lowest BCUT2D eigenvalue weighted by atomic mass is 9.79. The zero-order valence-corrected chi connectivity index (χ0v) is 9.19. The molecule has 0 bridgehead atoms. The van der Waals surface area contributed by atoms with E-state index in [2.05, 4.69) is 0 Å². The minimum Gasteiger partial charge on any atom is -0.393 e. The largest absolute Gasteiger partial charge is 0.393 e. The maximum absolute atomic E-state index is 9.99. The number of hydrogen-bond donors (Lipinski definition) is 3. The van der Waals surface area contributed by atoms with Crippen molar-refractivity contribution in [1.29, 1.82) is 0 Å². The van der Waals surface area contributed by atoms with Gasteiger partial charge in [0.25, 0.3) is 0 Å². The summed E-state index contributed by atoms with van der Waals surface area (Å²) < 4.78 is 0. The van der Waals surface area contributed by atoms with Crippen LogP contribution in [-0.2, 0) is 0 Å². The molecule has 0 aromatic carbocycles. The van der Waals surface area contributed by atoms with Crippen LogP contribution < -0.4 is 5.73 Å². The molecule has 0 radical (unpaired) electrons. The second kappa shape index (κ2) is 5.10. The Morgan fingerprint density at radius 1 is 1.14 bits per heavy atom. The van der Waals surface area contributed by atoms with Crippen molar-refractivity contribution in [3.05, 3.63) is 0 Å². The second-order valence-electron chi connectivity index (χ2n) is 4.88. The molecule has 1 aliphatic rings. The predicted molar refractivity (Wildman–Crippen MR) is 56.8 cm³/mol. The molecular weight excluding hydrogens is 178 g/mol. The maximum atomic E-state index is 9.99. The standard InChI is InChI=1S/C11H23NO2/c1-7(2)10(12)11(14)8-3-5-9(13)6-4-8/h7-11,13-14H,3-6,12H2,1-2H3. The van der Waals surface area contributed by atoms with Gasteiger partial charge in [-0.15, -0.1) is 0 Å². The lowest BCUT2D eigenvalue weighted by Crippen LogP contribution is -2.44. The van der Waals surface area contributed by atoms with E-state index in [4.69, 9.17) is 5.73 Å². The highest BCUT2D eigenvalue weighted by Crippen LogP contribution is 2.28. The monoisotopic (exact) mass is 201 g/mol. The van der Waals surface area contributed by atoms with Crippen LogP contribution in [-0.4, -0.2) is 28.5 Å². The molecule has 2 unspecified atom stereocenters. The summed E-state index contributed by atoms with van der Waals surface area (Å²) in [6.45, 7) is 4.07. The van der Waals surface area contributed by atoms with Crippen molar-refractivity contribution >= 4 is 0 Å². The molecule has 0 aromatic heterocycles. The van der Waals surface area contributed by atoms with Gasteiger partial charge < -0.3 is 15.9 Å². The van der Waals surface area contributed by atoms with Crippen LogP contribution in [0.3, 0.4) is 0 Å². The van der Waals surface area contributed by atoms with Crippen LogP contribution in [0.4, 0.5) is 0 Å². The maximum Gasteiger partial charge on any atom is 0.0721 e. The smallest absolute Gasteiger partial charge is 0.0721 e. The first-order valence-electron chi connectivity index (χ1n) is 5.64. The van der Waals surface area contributed by atoms with Gasteiger partial charge in [0.15, 0.2) is 0 Å². The molecule has 0 aromatic rings. The third kappa shape index (κ3) is 2.94. The average molecular weight is 201 g/mol. The topological polar surface area (TPSA) is 66.5 Å². The van der Waals surface area contributed by atoms with Gasteiger partial charge in [-0.05, 0) is 37.5 Å². The van der Waals surface area contributed by atoms with E-state index in [-0.39, 0.29) is 18.1 Å². The number of aliphatic hydroxyl groups excluding tert-OH is 2. The number of hydrogen-bond acceptors (Lipinski definition) is 3. The van der Waals surface area contributed by atoms with Gasteiger partial charge in [0, 0.05) is 6.04 Å². The van der Waals surface area contributed by atoms with Crippen molar-refractivity contribution in [2.45, 2.75) is 57.8 Å². The lowest BCUT2D eigenvalue weighted by molar-refractivity contribution is 0.0200. The first kappa shape index (κ1) is 12.0. The molecule has 1 fully saturated rings. The molecule has 3 nitrogen and oxygen atoms in total. The zero-order chi connectivity index (χ0) is 10.7. The molecule has 0 amide bonds. The minimum absolute atomic E-state index is 0.129. The van der Waals surface area contributed by atoms with E-state index in [1.54, 1.807) is 0 Å². The van der Waals surface area contributed by atoms with E-state index in [1.165, 1.54) is 0 Å². The van der Waals surface area contributed by atoms with Crippen LogP contribution in [0.1, 0.15) is 39.5 Å². The lowest BCUT2D eigenvalue weighted by Gasteiger charge is -2.33. The van der Waals surface area contributed by atoms with E-state index >= 15 is 0 Å². The van der Waals surface area contributed by atoms with Crippen LogP contribution in [0.25, 0.3) is 0 Å². The van der Waals surface area contributed by atoms with E-state index in [0.29, 0.717) is 5.92 Å². The fourth-order valence-corrected chi connectivity index (χ4v) is 2.15. The SMILES string of the molecule is CC(C)C(N)C(O)C1CCC(O)CC1. The van der Waals surface area contributed by atoms with Crippen LogP contribution in [0.5, 0.6) is 0 Å². The Hall–Kier alpha value is -0.120. The van der Waals surface area contributed by atoms with Gasteiger partial charge in [-0.1, -0.05) is 13.8 Å². The third-order valence-electron chi connectivity index (χ3n) is 3.39. The molecule has 0 spiro atoms. The van der Waals surface area contributed by atoms with Gasteiger partial charge in [0.1, 0.15) is 0 Å². The molecule has 84 valence electrons. The van der Waals surface area contributed by atoms with Crippen LogP contribution >= 0.6 is 0 Å². The van der Waals surface area contributed by atoms with Crippen molar-refractivity contribution in [2.24, 2.45) is 17.6 Å². The van der Waals surface area contributed by atoms with Crippen molar-refractivity contribution in [1.82, 2.24) is 0 Å². The first-order chi connectivity index (χ1) is 6.52. The summed E-state index contributed by atoms with van der Waals surface area (Å²) in [6.07, 6.45) is 2.88. The van der Waals surface area contributed by atoms with Crippen LogP contribution in [0.2, 0.25) is 0 Å². The molecule has 1 aliphatic carbocycles. The van der Waals surface area contributed by atoms with Gasteiger partial charge in [-0.2, -0.15) is 0 Å². The summed E-state index contributed by atoms with van der Waals surface area (Å²) in [5.74, 6) is 0.604. The van der Waals surface area contributed by atoms with Gasteiger partial charge in [-0.3, -0.25) is 0 Å². The highest BCUT2D eigenvalue weighted by molar-refractivity contribution is 4.84. The van der Waals surface area contributed by atoms with Crippen molar-refractivity contribution in [3.8, 4) is 0 Å². The molecular formula is C11H23NO2. The van der Waals surface area contributed by atoms with E-state index in [1.807, 2.05) is 13.8 Å². The fraction of sp³-hybridized carbons (Fsp3) is 1.00. The predicted octanol–water partition coefficient (Wildman–Crippen LogP) is 0.882. The molecule has 0 heterocycles. The Kier molecular flexibility index (Phi) is 4.35. The quantitative estimate of drug-likeness (QED) is 0.635.